The van der Waals surface area contributed by atoms with Gasteiger partial charge in [-0.15, -0.1) is 0 Å². The summed E-state index contributed by atoms with van der Waals surface area (Å²) in [6.45, 7) is -0.608. The van der Waals surface area contributed by atoms with Gasteiger partial charge in [0.05, 0.1) is 12.8 Å². The van der Waals surface area contributed by atoms with E-state index in [9.17, 15) is 21.6 Å². The van der Waals surface area contributed by atoms with Crippen LogP contribution in [0.2, 0.25) is 0 Å². The number of aromatic nitrogens is 2. The molecule has 0 amide bonds. The van der Waals surface area contributed by atoms with Gasteiger partial charge < -0.3 is 5.11 Å². The number of H-pyrrole nitrogens is 1. The minimum Gasteiger partial charge on any atom is -0.392 e. The lowest BCUT2D eigenvalue weighted by atomic mass is 10.2. The number of aliphatic hydroxyl groups excluding tert-OH is 1. The lowest BCUT2D eigenvalue weighted by Gasteiger charge is -2.07. The molecule has 0 spiro atoms. The zero-order valence-electron chi connectivity index (χ0n) is 9.87. The number of unbranched alkanes of at least 4 members (excludes halogenated alkanes) is 1. The first-order valence-corrected chi connectivity index (χ1v) is 6.94. The Kier molecular flexibility index (Phi) is 5.32. The number of nitrogens with one attached hydrogen (secondary N) is 2. The van der Waals surface area contributed by atoms with Crippen molar-refractivity contribution < 1.29 is 26.7 Å². The van der Waals surface area contributed by atoms with Crippen LogP contribution in [0.25, 0.3) is 0 Å². The van der Waals surface area contributed by atoms with Crippen LogP contribution in [0.5, 0.6) is 0 Å². The van der Waals surface area contributed by atoms with Gasteiger partial charge in [0.2, 0.25) is 0 Å². The molecule has 0 fully saturated rings. The number of halogens is 3. The minimum atomic E-state index is -4.23. The quantitative estimate of drug-likeness (QED) is 0.652. The van der Waals surface area contributed by atoms with Crippen molar-refractivity contribution in [3.63, 3.8) is 0 Å². The molecule has 0 atom stereocenters. The molecular formula is C9H14F3N3O3S. The lowest BCUT2D eigenvalue weighted by molar-refractivity contribution is -0.135. The summed E-state index contributed by atoms with van der Waals surface area (Å²) in [5.41, 5.74) is 0.0998. The predicted octanol–water partition coefficient (Wildman–Crippen LogP) is 0.913. The molecule has 0 radical (unpaired) electrons. The second kappa shape index (κ2) is 6.35. The number of aromatic amines is 1. The highest BCUT2D eigenvalue weighted by Gasteiger charge is 2.26. The molecular weight excluding hydrogens is 287 g/mol. The second-order valence-electron chi connectivity index (χ2n) is 3.85. The van der Waals surface area contributed by atoms with Gasteiger partial charge in [0.15, 0.2) is 5.03 Å². The van der Waals surface area contributed by atoms with Crippen LogP contribution in [0.15, 0.2) is 11.2 Å². The normalized spacial score (nSPS) is 12.8. The number of nitrogens with zero attached hydrogens (tertiary/aromatic N) is 1. The third-order valence-electron chi connectivity index (χ3n) is 2.30. The van der Waals surface area contributed by atoms with E-state index in [1.165, 1.54) is 0 Å². The first-order chi connectivity index (χ1) is 8.76. The van der Waals surface area contributed by atoms with Gasteiger partial charge in [0, 0.05) is 18.5 Å². The largest absolute Gasteiger partial charge is 0.392 e. The summed E-state index contributed by atoms with van der Waals surface area (Å²) in [5, 5.41) is 14.3. The highest BCUT2D eigenvalue weighted by Crippen LogP contribution is 2.22. The van der Waals surface area contributed by atoms with Crippen LogP contribution >= 0.6 is 0 Å². The maximum atomic E-state index is 11.9. The van der Waals surface area contributed by atoms with Crippen LogP contribution in [0.1, 0.15) is 24.8 Å². The van der Waals surface area contributed by atoms with Gasteiger partial charge in [0.1, 0.15) is 0 Å². The predicted molar refractivity (Wildman–Crippen MR) is 59.6 cm³/mol. The van der Waals surface area contributed by atoms with Crippen molar-refractivity contribution >= 4 is 10.0 Å². The average Bonchev–Trinajstić information content (AvgIpc) is 2.75. The molecule has 0 bridgehead atoms. The number of alkyl halides is 3. The van der Waals surface area contributed by atoms with Crippen LogP contribution < -0.4 is 4.72 Å². The highest BCUT2D eigenvalue weighted by atomic mass is 32.2. The van der Waals surface area contributed by atoms with E-state index in [1.54, 1.807) is 0 Å². The Bertz CT molecular complexity index is 498. The first-order valence-electron chi connectivity index (χ1n) is 5.46. The lowest BCUT2D eigenvalue weighted by Crippen LogP contribution is -2.26. The van der Waals surface area contributed by atoms with E-state index in [4.69, 9.17) is 5.11 Å². The van der Waals surface area contributed by atoms with Crippen molar-refractivity contribution in [2.24, 2.45) is 0 Å². The molecule has 110 valence electrons. The van der Waals surface area contributed by atoms with Crippen LogP contribution in [-0.2, 0) is 16.6 Å². The monoisotopic (exact) mass is 301 g/mol. The van der Waals surface area contributed by atoms with E-state index in [0.29, 0.717) is 0 Å². The SMILES string of the molecule is O=S(=O)(NCCCCC(F)(F)F)c1[nH]ncc1CO. The van der Waals surface area contributed by atoms with Crippen LogP contribution in [0, 0.1) is 0 Å². The van der Waals surface area contributed by atoms with Crippen molar-refractivity contribution in [3.05, 3.63) is 11.8 Å². The summed E-state index contributed by atoms with van der Waals surface area (Å²) in [7, 11) is -3.88. The Balaban J connectivity index is 2.44. The topological polar surface area (TPSA) is 95.1 Å². The van der Waals surface area contributed by atoms with E-state index < -0.39 is 29.2 Å². The van der Waals surface area contributed by atoms with E-state index in [1.807, 2.05) is 0 Å². The molecule has 3 N–H and O–H groups in total. The van der Waals surface area contributed by atoms with Crippen molar-refractivity contribution in [1.82, 2.24) is 14.9 Å². The van der Waals surface area contributed by atoms with Crippen LogP contribution in [0.4, 0.5) is 13.2 Å². The van der Waals surface area contributed by atoms with Gasteiger partial charge in [-0.3, -0.25) is 5.10 Å². The van der Waals surface area contributed by atoms with Gasteiger partial charge in [0.25, 0.3) is 10.0 Å². The van der Waals surface area contributed by atoms with E-state index >= 15 is 0 Å². The Morgan fingerprint density at radius 2 is 2.05 bits per heavy atom. The Morgan fingerprint density at radius 1 is 1.37 bits per heavy atom. The third-order valence-corrected chi connectivity index (χ3v) is 3.77. The summed E-state index contributed by atoms with van der Waals surface area (Å²) in [5.74, 6) is 0. The van der Waals surface area contributed by atoms with Crippen LogP contribution in [-0.4, -0.2) is 36.4 Å². The Morgan fingerprint density at radius 3 is 2.63 bits per heavy atom. The van der Waals surface area contributed by atoms with Gasteiger partial charge >= 0.3 is 6.18 Å². The van der Waals surface area contributed by atoms with Crippen molar-refractivity contribution in [2.75, 3.05) is 6.54 Å². The molecule has 19 heavy (non-hydrogen) atoms. The maximum absolute atomic E-state index is 11.9. The fourth-order valence-corrected chi connectivity index (χ4v) is 2.57. The van der Waals surface area contributed by atoms with Crippen molar-refractivity contribution in [3.8, 4) is 0 Å². The number of rotatable bonds is 7. The molecule has 6 nitrogen and oxygen atoms in total. The highest BCUT2D eigenvalue weighted by molar-refractivity contribution is 7.89. The van der Waals surface area contributed by atoms with E-state index in [-0.39, 0.29) is 30.0 Å². The smallest absolute Gasteiger partial charge is 0.389 e. The molecule has 10 heteroatoms. The number of hydrogen-bond acceptors (Lipinski definition) is 4. The van der Waals surface area contributed by atoms with Gasteiger partial charge in [-0.05, 0) is 12.8 Å². The fraction of sp³-hybridized carbons (Fsp3) is 0.667. The molecule has 0 saturated carbocycles. The van der Waals surface area contributed by atoms with Gasteiger partial charge in [-0.2, -0.15) is 18.3 Å². The maximum Gasteiger partial charge on any atom is 0.389 e. The number of sulfonamides is 1. The molecule has 1 aromatic heterocycles. The summed E-state index contributed by atoms with van der Waals surface area (Å²) >= 11 is 0. The van der Waals surface area contributed by atoms with Gasteiger partial charge in [-0.25, -0.2) is 13.1 Å². The molecule has 0 aliphatic heterocycles. The third kappa shape index (κ3) is 5.17. The minimum absolute atomic E-state index is 0.0708. The summed E-state index contributed by atoms with van der Waals surface area (Å²) in [6.07, 6.45) is -4.09. The summed E-state index contributed by atoms with van der Waals surface area (Å²) in [6, 6.07) is 0. The zero-order valence-corrected chi connectivity index (χ0v) is 10.7. The molecule has 0 aromatic carbocycles. The van der Waals surface area contributed by atoms with E-state index in [2.05, 4.69) is 14.9 Å². The Hall–Kier alpha value is -1.13. The van der Waals surface area contributed by atoms with Crippen LogP contribution in [0.3, 0.4) is 0 Å². The molecule has 1 rings (SSSR count). The molecule has 1 heterocycles. The first kappa shape index (κ1) is 15.9. The number of hydrogen-bond donors (Lipinski definition) is 3. The number of aliphatic hydroxyl groups is 1. The Labute approximate surface area is 108 Å². The molecule has 1 aromatic rings. The fourth-order valence-electron chi connectivity index (χ4n) is 1.37. The standard InChI is InChI=1S/C9H14F3N3O3S/c10-9(11,12)3-1-2-4-14-19(17,18)8-7(6-16)5-13-15-8/h5,14,16H,1-4,6H2,(H,13,15). The molecule has 0 unspecified atom stereocenters. The molecule has 0 saturated heterocycles. The van der Waals surface area contributed by atoms with Crippen molar-refractivity contribution in [1.29, 1.82) is 0 Å². The van der Waals surface area contributed by atoms with Crippen molar-refractivity contribution in [2.45, 2.75) is 37.1 Å². The zero-order chi connectivity index (χ0) is 14.5. The molecule has 0 aliphatic rings. The molecule has 0 aliphatic carbocycles. The second-order valence-corrected chi connectivity index (χ2v) is 5.56. The summed E-state index contributed by atoms with van der Waals surface area (Å²) in [4.78, 5) is 0. The summed E-state index contributed by atoms with van der Waals surface area (Å²) < 4.78 is 61.2. The van der Waals surface area contributed by atoms with E-state index in [0.717, 1.165) is 6.20 Å². The average molecular weight is 301 g/mol. The van der Waals surface area contributed by atoms with Gasteiger partial charge in [-0.1, -0.05) is 0 Å².